The van der Waals surface area contributed by atoms with E-state index in [4.69, 9.17) is 14.2 Å². The molecule has 0 radical (unpaired) electrons. The minimum atomic E-state index is -0.782. The van der Waals surface area contributed by atoms with Crippen LogP contribution < -0.4 is 0 Å². The Balaban J connectivity index is 4.28. The fourth-order valence-electron chi connectivity index (χ4n) is 6.71. The first-order chi connectivity index (χ1) is 29.0. The molecule has 0 aromatic heterocycles. The van der Waals surface area contributed by atoms with Crippen molar-refractivity contribution in [3.63, 3.8) is 0 Å². The van der Waals surface area contributed by atoms with Gasteiger partial charge in [0.2, 0.25) is 0 Å². The Labute approximate surface area is 364 Å². The van der Waals surface area contributed by atoms with Crippen LogP contribution in [0, 0.1) is 0 Å². The summed E-state index contributed by atoms with van der Waals surface area (Å²) in [5, 5.41) is 0. The Kier molecular flexibility index (Phi) is 45.4. The molecule has 0 aliphatic heterocycles. The van der Waals surface area contributed by atoms with Crippen LogP contribution in [0.3, 0.4) is 0 Å². The van der Waals surface area contributed by atoms with Crippen LogP contribution in [0.1, 0.15) is 239 Å². The second-order valence-corrected chi connectivity index (χ2v) is 16.4. The van der Waals surface area contributed by atoms with Crippen molar-refractivity contribution < 1.29 is 28.6 Å². The van der Waals surface area contributed by atoms with Crippen molar-refractivity contribution in [3.8, 4) is 0 Å². The number of allylic oxidation sites excluding steroid dienone is 10. The van der Waals surface area contributed by atoms with Crippen molar-refractivity contribution in [2.45, 2.75) is 245 Å². The molecule has 0 aliphatic carbocycles. The monoisotopic (exact) mass is 825 g/mol. The maximum Gasteiger partial charge on any atom is 0.306 e. The summed E-state index contributed by atoms with van der Waals surface area (Å²) in [6.07, 6.45) is 57.9. The molecule has 0 aromatic rings. The van der Waals surface area contributed by atoms with Gasteiger partial charge in [-0.05, 0) is 89.9 Å². The first-order valence-corrected chi connectivity index (χ1v) is 24.8. The molecule has 59 heavy (non-hydrogen) atoms. The largest absolute Gasteiger partial charge is 0.462 e. The van der Waals surface area contributed by atoms with Crippen molar-refractivity contribution in [1.29, 1.82) is 0 Å². The van der Waals surface area contributed by atoms with Crippen molar-refractivity contribution in [2.24, 2.45) is 0 Å². The van der Waals surface area contributed by atoms with Crippen LogP contribution in [0.5, 0.6) is 0 Å². The molecule has 6 heteroatoms. The molecular formula is C53H92O6. The van der Waals surface area contributed by atoms with E-state index in [1.165, 1.54) is 96.3 Å². The molecule has 6 nitrogen and oxygen atoms in total. The normalized spacial score (nSPS) is 12.5. The topological polar surface area (TPSA) is 78.9 Å². The van der Waals surface area contributed by atoms with Crippen molar-refractivity contribution in [3.05, 3.63) is 60.8 Å². The van der Waals surface area contributed by atoms with E-state index in [2.05, 4.69) is 81.5 Å². The summed E-state index contributed by atoms with van der Waals surface area (Å²) in [5.41, 5.74) is 0. The SMILES string of the molecule is CCCCC/C=C\C/C=C\C/C=C\CCCCCCCCC(=O)OCC(COC(=O)CCCCCCCC)OC(=O)CCCCCCC/C=C\C/C=C\CCCCCC. The summed E-state index contributed by atoms with van der Waals surface area (Å²) < 4.78 is 16.7. The van der Waals surface area contributed by atoms with Crippen LogP contribution in [0.4, 0.5) is 0 Å². The summed E-state index contributed by atoms with van der Waals surface area (Å²) in [5.74, 6) is -0.920. The van der Waals surface area contributed by atoms with E-state index in [9.17, 15) is 14.4 Å². The van der Waals surface area contributed by atoms with Crippen LogP contribution in [0.2, 0.25) is 0 Å². The standard InChI is InChI=1S/C53H92O6/c1-4-7-10-13-16-18-20-22-24-26-27-28-30-31-33-35-37-40-43-46-52(55)58-49-50(48-57-51(54)45-42-39-15-12-9-6-3)59-53(56)47-44-41-38-36-34-32-29-25-23-21-19-17-14-11-8-5-2/h16,18-19,21-22,24-25,27-29,50H,4-15,17,20,23,26,30-49H2,1-3H3/b18-16-,21-19-,24-22-,28-27-,29-25-. The predicted molar refractivity (Wildman–Crippen MR) is 251 cm³/mol. The molecule has 0 fully saturated rings. The van der Waals surface area contributed by atoms with Crippen LogP contribution in [-0.2, 0) is 28.6 Å². The number of carbonyl (C=O) groups is 3. The number of carbonyl (C=O) groups excluding carboxylic acids is 3. The highest BCUT2D eigenvalue weighted by atomic mass is 16.6. The summed E-state index contributed by atoms with van der Waals surface area (Å²) in [6.45, 7) is 6.51. The van der Waals surface area contributed by atoms with Gasteiger partial charge >= 0.3 is 17.9 Å². The maximum absolute atomic E-state index is 12.7. The molecule has 0 aromatic carbocycles. The molecule has 0 rings (SSSR count). The van der Waals surface area contributed by atoms with E-state index in [0.717, 1.165) is 103 Å². The van der Waals surface area contributed by atoms with Gasteiger partial charge in [0.05, 0.1) is 0 Å². The highest BCUT2D eigenvalue weighted by Gasteiger charge is 2.19. The van der Waals surface area contributed by atoms with Crippen LogP contribution in [0.25, 0.3) is 0 Å². The van der Waals surface area contributed by atoms with Crippen molar-refractivity contribution in [2.75, 3.05) is 13.2 Å². The number of hydrogen-bond donors (Lipinski definition) is 0. The van der Waals surface area contributed by atoms with Crippen molar-refractivity contribution >= 4 is 17.9 Å². The van der Waals surface area contributed by atoms with Gasteiger partial charge in [0.1, 0.15) is 13.2 Å². The van der Waals surface area contributed by atoms with Gasteiger partial charge in [0, 0.05) is 19.3 Å². The Morgan fingerprint density at radius 1 is 0.339 bits per heavy atom. The third-order valence-corrected chi connectivity index (χ3v) is 10.5. The summed E-state index contributed by atoms with van der Waals surface area (Å²) >= 11 is 0. The summed E-state index contributed by atoms with van der Waals surface area (Å²) in [7, 11) is 0. The zero-order valence-electron chi connectivity index (χ0n) is 38.8. The minimum absolute atomic E-state index is 0.0846. The lowest BCUT2D eigenvalue weighted by Gasteiger charge is -2.18. The van der Waals surface area contributed by atoms with Gasteiger partial charge in [-0.25, -0.2) is 0 Å². The highest BCUT2D eigenvalue weighted by molar-refractivity contribution is 5.71. The molecule has 1 unspecified atom stereocenters. The van der Waals surface area contributed by atoms with Gasteiger partial charge in [-0.3, -0.25) is 14.4 Å². The zero-order chi connectivity index (χ0) is 43.0. The third-order valence-electron chi connectivity index (χ3n) is 10.5. The number of rotatable bonds is 44. The van der Waals surface area contributed by atoms with Crippen LogP contribution >= 0.6 is 0 Å². The fraction of sp³-hybridized carbons (Fsp3) is 0.755. The average molecular weight is 825 g/mol. The van der Waals surface area contributed by atoms with E-state index in [1.807, 2.05) is 0 Å². The predicted octanol–water partition coefficient (Wildman–Crippen LogP) is 16.1. The smallest absolute Gasteiger partial charge is 0.306 e. The molecule has 0 N–H and O–H groups in total. The Hall–Kier alpha value is -2.89. The van der Waals surface area contributed by atoms with Crippen molar-refractivity contribution in [1.82, 2.24) is 0 Å². The molecule has 0 saturated heterocycles. The fourth-order valence-corrected chi connectivity index (χ4v) is 6.71. The Morgan fingerprint density at radius 2 is 0.610 bits per heavy atom. The second-order valence-electron chi connectivity index (χ2n) is 16.4. The van der Waals surface area contributed by atoms with Crippen LogP contribution in [0.15, 0.2) is 60.8 Å². The van der Waals surface area contributed by atoms with E-state index < -0.39 is 6.10 Å². The molecular weight excluding hydrogens is 733 g/mol. The van der Waals surface area contributed by atoms with E-state index in [-0.39, 0.29) is 31.1 Å². The quantitative estimate of drug-likeness (QED) is 0.0263. The molecule has 0 heterocycles. The summed E-state index contributed by atoms with van der Waals surface area (Å²) in [4.78, 5) is 37.7. The van der Waals surface area contributed by atoms with Gasteiger partial charge in [0.15, 0.2) is 6.10 Å². The number of hydrogen-bond acceptors (Lipinski definition) is 6. The Morgan fingerprint density at radius 3 is 1.00 bits per heavy atom. The first-order valence-electron chi connectivity index (χ1n) is 24.8. The molecule has 0 aliphatic rings. The second kappa shape index (κ2) is 47.8. The van der Waals surface area contributed by atoms with E-state index >= 15 is 0 Å². The minimum Gasteiger partial charge on any atom is -0.462 e. The average Bonchev–Trinajstić information content (AvgIpc) is 3.23. The maximum atomic E-state index is 12.7. The lowest BCUT2D eigenvalue weighted by atomic mass is 10.1. The van der Waals surface area contributed by atoms with E-state index in [0.29, 0.717) is 19.3 Å². The third kappa shape index (κ3) is 46.0. The van der Waals surface area contributed by atoms with Gasteiger partial charge in [-0.2, -0.15) is 0 Å². The molecule has 0 bridgehead atoms. The number of unbranched alkanes of at least 4 members (excludes halogenated alkanes) is 23. The highest BCUT2D eigenvalue weighted by Crippen LogP contribution is 2.13. The van der Waals surface area contributed by atoms with Gasteiger partial charge < -0.3 is 14.2 Å². The first kappa shape index (κ1) is 56.1. The van der Waals surface area contributed by atoms with Gasteiger partial charge in [-0.1, -0.05) is 191 Å². The molecule has 0 spiro atoms. The van der Waals surface area contributed by atoms with Crippen LogP contribution in [-0.4, -0.2) is 37.2 Å². The lowest BCUT2D eigenvalue weighted by molar-refractivity contribution is -0.167. The number of ether oxygens (including phenoxy) is 3. The summed E-state index contributed by atoms with van der Waals surface area (Å²) in [6, 6.07) is 0. The zero-order valence-corrected chi connectivity index (χ0v) is 38.8. The molecule has 0 saturated carbocycles. The molecule has 0 amide bonds. The molecule has 340 valence electrons. The number of esters is 3. The van der Waals surface area contributed by atoms with E-state index in [1.54, 1.807) is 0 Å². The van der Waals surface area contributed by atoms with Gasteiger partial charge in [0.25, 0.3) is 0 Å². The molecule has 1 atom stereocenters. The lowest BCUT2D eigenvalue weighted by Crippen LogP contribution is -2.30. The Bertz CT molecular complexity index is 1090. The van der Waals surface area contributed by atoms with Gasteiger partial charge in [-0.15, -0.1) is 0 Å².